The first-order valence-electron chi connectivity index (χ1n) is 5.62. The second-order valence-electron chi connectivity index (χ2n) is 4.62. The highest BCUT2D eigenvalue weighted by atomic mass is 16.1. The highest BCUT2D eigenvalue weighted by Crippen LogP contribution is 2.44. The lowest BCUT2D eigenvalue weighted by atomic mass is 9.86. The van der Waals surface area contributed by atoms with Crippen molar-refractivity contribution in [3.05, 3.63) is 48.0 Å². The molecule has 1 nitrogen and oxygen atoms in total. The smallest absolute Gasteiger partial charge is 0.166 e. The molecule has 1 fully saturated rings. The van der Waals surface area contributed by atoms with E-state index in [2.05, 4.69) is 12.2 Å². The molecule has 0 aliphatic heterocycles. The molecule has 0 radical (unpaired) electrons. The zero-order valence-corrected chi connectivity index (χ0v) is 8.60. The number of Topliss-reactive ketones (excluding diaryl/α,β-unsaturated/α-hetero) is 1. The average Bonchev–Trinajstić information content (AvgIpc) is 2.91. The molecule has 0 heterocycles. The number of fused-ring (bicyclic) bond motifs is 2. The Morgan fingerprint density at radius 3 is 2.47 bits per heavy atom. The van der Waals surface area contributed by atoms with Crippen LogP contribution in [-0.2, 0) is 0 Å². The van der Waals surface area contributed by atoms with Crippen LogP contribution in [0.2, 0.25) is 0 Å². The van der Waals surface area contributed by atoms with Crippen molar-refractivity contribution in [1.29, 1.82) is 0 Å². The summed E-state index contributed by atoms with van der Waals surface area (Å²) in [5.74, 6) is 1.78. The van der Waals surface area contributed by atoms with Crippen LogP contribution in [0.15, 0.2) is 42.5 Å². The molecule has 1 aromatic rings. The summed E-state index contributed by atoms with van der Waals surface area (Å²) in [7, 11) is 0. The maximum atomic E-state index is 12.2. The van der Waals surface area contributed by atoms with Crippen molar-refractivity contribution in [3.8, 4) is 0 Å². The van der Waals surface area contributed by atoms with E-state index in [1.165, 1.54) is 6.42 Å². The summed E-state index contributed by atoms with van der Waals surface area (Å²) in [6, 6.07) is 9.69. The van der Waals surface area contributed by atoms with Crippen LogP contribution in [-0.4, -0.2) is 5.78 Å². The first kappa shape index (κ1) is 8.90. The van der Waals surface area contributed by atoms with Gasteiger partial charge in [-0.1, -0.05) is 42.5 Å². The number of allylic oxidation sites excluding steroid dienone is 2. The van der Waals surface area contributed by atoms with Gasteiger partial charge in [-0.2, -0.15) is 0 Å². The Labute approximate surface area is 89.8 Å². The van der Waals surface area contributed by atoms with Crippen LogP contribution >= 0.6 is 0 Å². The highest BCUT2D eigenvalue weighted by Gasteiger charge is 2.39. The summed E-state index contributed by atoms with van der Waals surface area (Å²) in [6.45, 7) is 0. The Kier molecular flexibility index (Phi) is 1.98. The monoisotopic (exact) mass is 198 g/mol. The average molecular weight is 198 g/mol. The van der Waals surface area contributed by atoms with E-state index in [1.807, 2.05) is 30.3 Å². The Bertz CT molecular complexity index is 405. The summed E-state index contributed by atoms with van der Waals surface area (Å²) in [5, 5.41) is 0. The van der Waals surface area contributed by atoms with E-state index in [4.69, 9.17) is 0 Å². The molecule has 0 amide bonds. The molecule has 0 unspecified atom stereocenters. The zero-order chi connectivity index (χ0) is 10.3. The van der Waals surface area contributed by atoms with Gasteiger partial charge < -0.3 is 0 Å². The van der Waals surface area contributed by atoms with Gasteiger partial charge in [0.05, 0.1) is 0 Å². The highest BCUT2D eigenvalue weighted by molar-refractivity contribution is 5.98. The van der Waals surface area contributed by atoms with Crippen molar-refractivity contribution in [2.24, 2.45) is 17.8 Å². The van der Waals surface area contributed by atoms with Crippen LogP contribution in [0.1, 0.15) is 23.2 Å². The third-order valence-electron chi connectivity index (χ3n) is 3.67. The fourth-order valence-corrected chi connectivity index (χ4v) is 2.90. The lowest BCUT2D eigenvalue weighted by molar-refractivity contribution is 0.0901. The molecule has 2 bridgehead atoms. The minimum absolute atomic E-state index is 0.252. The molecule has 76 valence electrons. The van der Waals surface area contributed by atoms with E-state index in [1.54, 1.807) is 0 Å². The quantitative estimate of drug-likeness (QED) is 0.527. The molecule has 3 atom stereocenters. The Hall–Kier alpha value is -1.37. The summed E-state index contributed by atoms with van der Waals surface area (Å²) in [5.41, 5.74) is 0.878. The third kappa shape index (κ3) is 1.43. The second-order valence-corrected chi connectivity index (χ2v) is 4.62. The zero-order valence-electron chi connectivity index (χ0n) is 8.60. The van der Waals surface area contributed by atoms with E-state index < -0.39 is 0 Å². The van der Waals surface area contributed by atoms with Gasteiger partial charge in [0.25, 0.3) is 0 Å². The third-order valence-corrected chi connectivity index (χ3v) is 3.67. The lowest BCUT2D eigenvalue weighted by Gasteiger charge is -2.16. The van der Waals surface area contributed by atoms with Crippen molar-refractivity contribution in [1.82, 2.24) is 0 Å². The molecule has 1 heteroatoms. The van der Waals surface area contributed by atoms with Crippen LogP contribution in [0.25, 0.3) is 0 Å². The summed E-state index contributed by atoms with van der Waals surface area (Å²) < 4.78 is 0. The number of ketones is 1. The Balaban J connectivity index is 1.85. The number of hydrogen-bond donors (Lipinski definition) is 0. The molecule has 3 rings (SSSR count). The van der Waals surface area contributed by atoms with Crippen molar-refractivity contribution in [2.45, 2.75) is 12.8 Å². The number of carbonyl (C=O) groups is 1. The maximum absolute atomic E-state index is 12.2. The van der Waals surface area contributed by atoms with Gasteiger partial charge in [-0.05, 0) is 24.7 Å². The first-order chi connectivity index (χ1) is 7.34. The van der Waals surface area contributed by atoms with Gasteiger partial charge in [-0.15, -0.1) is 0 Å². The lowest BCUT2D eigenvalue weighted by Crippen LogP contribution is -2.18. The fraction of sp³-hybridized carbons (Fsp3) is 0.357. The van der Waals surface area contributed by atoms with E-state index in [0.29, 0.717) is 17.6 Å². The Morgan fingerprint density at radius 2 is 1.87 bits per heavy atom. The van der Waals surface area contributed by atoms with Gasteiger partial charge in [-0.3, -0.25) is 4.79 Å². The Morgan fingerprint density at radius 1 is 1.07 bits per heavy atom. The standard InChI is InChI=1S/C14H14O/c15-14(11-4-2-1-3-5-11)13-9-10-6-7-12(13)8-10/h1-7,10,12-13H,8-9H2/t10-,12+,13+/m1/s1. The van der Waals surface area contributed by atoms with Crippen molar-refractivity contribution in [2.75, 3.05) is 0 Å². The molecule has 1 aromatic carbocycles. The maximum Gasteiger partial charge on any atom is 0.166 e. The molecule has 0 N–H and O–H groups in total. The molecular weight excluding hydrogens is 184 g/mol. The van der Waals surface area contributed by atoms with Crippen LogP contribution < -0.4 is 0 Å². The fourth-order valence-electron chi connectivity index (χ4n) is 2.90. The van der Waals surface area contributed by atoms with Crippen LogP contribution in [0.4, 0.5) is 0 Å². The predicted octanol–water partition coefficient (Wildman–Crippen LogP) is 3.08. The SMILES string of the molecule is O=C(c1ccccc1)[C@H]1C[C@@H]2C=C[C@H]1C2. The van der Waals surface area contributed by atoms with E-state index in [9.17, 15) is 4.79 Å². The largest absolute Gasteiger partial charge is 0.294 e. The number of carbonyl (C=O) groups excluding carboxylic acids is 1. The van der Waals surface area contributed by atoms with Crippen molar-refractivity contribution in [3.63, 3.8) is 0 Å². The second kappa shape index (κ2) is 3.34. The molecule has 0 aromatic heterocycles. The van der Waals surface area contributed by atoms with E-state index >= 15 is 0 Å². The number of benzene rings is 1. The summed E-state index contributed by atoms with van der Waals surface area (Å²) in [6.07, 6.45) is 6.78. The van der Waals surface area contributed by atoms with Crippen LogP contribution in [0.5, 0.6) is 0 Å². The van der Waals surface area contributed by atoms with Crippen molar-refractivity contribution >= 4 is 5.78 Å². The van der Waals surface area contributed by atoms with E-state index in [0.717, 1.165) is 12.0 Å². The van der Waals surface area contributed by atoms with Gasteiger partial charge in [0.15, 0.2) is 5.78 Å². The summed E-state index contributed by atoms with van der Waals surface area (Å²) in [4.78, 5) is 12.2. The van der Waals surface area contributed by atoms with Gasteiger partial charge >= 0.3 is 0 Å². The minimum atomic E-state index is 0.252. The number of hydrogen-bond acceptors (Lipinski definition) is 1. The normalized spacial score (nSPS) is 32.1. The van der Waals surface area contributed by atoms with Crippen LogP contribution in [0.3, 0.4) is 0 Å². The van der Waals surface area contributed by atoms with Crippen LogP contribution in [0, 0.1) is 17.8 Å². The van der Waals surface area contributed by atoms with Gasteiger partial charge in [0.1, 0.15) is 0 Å². The molecule has 2 aliphatic rings. The molecule has 0 saturated heterocycles. The number of rotatable bonds is 2. The van der Waals surface area contributed by atoms with Gasteiger partial charge in [-0.25, -0.2) is 0 Å². The minimum Gasteiger partial charge on any atom is -0.294 e. The predicted molar refractivity (Wildman–Crippen MR) is 59.6 cm³/mol. The molecule has 1 saturated carbocycles. The first-order valence-corrected chi connectivity index (χ1v) is 5.62. The molecule has 2 aliphatic carbocycles. The molecule has 15 heavy (non-hydrogen) atoms. The topological polar surface area (TPSA) is 17.1 Å². The van der Waals surface area contributed by atoms with Gasteiger partial charge in [0, 0.05) is 11.5 Å². The molecule has 0 spiro atoms. The summed E-state index contributed by atoms with van der Waals surface area (Å²) >= 11 is 0. The van der Waals surface area contributed by atoms with E-state index in [-0.39, 0.29) is 5.92 Å². The van der Waals surface area contributed by atoms with Gasteiger partial charge in [0.2, 0.25) is 0 Å². The molecular formula is C14H14O. The van der Waals surface area contributed by atoms with Crippen molar-refractivity contribution < 1.29 is 4.79 Å².